The Balaban J connectivity index is 2.12. The van der Waals surface area contributed by atoms with Crippen molar-refractivity contribution < 1.29 is 13.3 Å². The molecule has 0 spiro atoms. The fraction of sp³-hybridized carbons (Fsp3) is 1.00. The second kappa shape index (κ2) is 4.65. The average Bonchev–Trinajstić information content (AvgIpc) is 1.99. The van der Waals surface area contributed by atoms with E-state index in [1.165, 1.54) is 0 Å². The van der Waals surface area contributed by atoms with Crippen LogP contribution in [-0.2, 0) is 13.3 Å². The van der Waals surface area contributed by atoms with Gasteiger partial charge in [0.15, 0.2) is 4.46 Å². The molecule has 2 bridgehead atoms. The van der Waals surface area contributed by atoms with Gasteiger partial charge in [0.25, 0.3) is 0 Å². The van der Waals surface area contributed by atoms with Crippen LogP contribution in [-0.4, -0.2) is 57.6 Å². The van der Waals surface area contributed by atoms with E-state index in [4.69, 9.17) is 36.5 Å². The standard InChI is InChI=1S/C7H13Cl2NO3Si/c8-7(9)14-11-4-1-10(2-5-12-14)3-6-13-14/h7H,1-6H2. The first kappa shape index (κ1) is 11.1. The Morgan fingerprint density at radius 3 is 1.71 bits per heavy atom. The molecule has 0 radical (unpaired) electrons. The quantitative estimate of drug-likeness (QED) is 0.510. The second-order valence-corrected chi connectivity index (χ2v) is 7.77. The molecule has 0 N–H and O–H groups in total. The van der Waals surface area contributed by atoms with Gasteiger partial charge >= 0.3 is 8.80 Å². The molecule has 0 saturated carbocycles. The van der Waals surface area contributed by atoms with Gasteiger partial charge in [-0.3, -0.25) is 4.90 Å². The number of halogens is 2. The summed E-state index contributed by atoms with van der Waals surface area (Å²) in [6.07, 6.45) is 0. The maximum atomic E-state index is 5.87. The highest BCUT2D eigenvalue weighted by Gasteiger charge is 2.50. The summed E-state index contributed by atoms with van der Waals surface area (Å²) in [5, 5.41) is 0. The van der Waals surface area contributed by atoms with Crippen molar-refractivity contribution in [2.45, 2.75) is 4.46 Å². The molecule has 3 fully saturated rings. The zero-order chi connectivity index (χ0) is 10.0. The first-order chi connectivity index (χ1) is 6.73. The van der Waals surface area contributed by atoms with E-state index in [0.717, 1.165) is 19.6 Å². The fourth-order valence-corrected chi connectivity index (χ4v) is 4.49. The minimum absolute atomic E-state index is 0.585. The first-order valence-corrected chi connectivity index (χ1v) is 7.33. The van der Waals surface area contributed by atoms with E-state index in [2.05, 4.69) is 4.90 Å². The van der Waals surface area contributed by atoms with E-state index < -0.39 is 13.3 Å². The lowest BCUT2D eigenvalue weighted by atomic mass is 10.4. The van der Waals surface area contributed by atoms with Crippen molar-refractivity contribution in [3.63, 3.8) is 0 Å². The van der Waals surface area contributed by atoms with E-state index in [1.54, 1.807) is 0 Å². The third-order valence-corrected chi connectivity index (χ3v) is 6.36. The van der Waals surface area contributed by atoms with Gasteiger partial charge in [-0.2, -0.15) is 0 Å². The normalized spacial score (nSPS) is 39.2. The predicted octanol–water partition coefficient (Wildman–Crippen LogP) is 0.647. The van der Waals surface area contributed by atoms with Crippen molar-refractivity contribution in [1.82, 2.24) is 4.90 Å². The predicted molar refractivity (Wildman–Crippen MR) is 55.5 cm³/mol. The van der Waals surface area contributed by atoms with E-state index in [9.17, 15) is 0 Å². The highest BCUT2D eigenvalue weighted by Crippen LogP contribution is 2.25. The van der Waals surface area contributed by atoms with Gasteiger partial charge < -0.3 is 13.3 Å². The van der Waals surface area contributed by atoms with Crippen molar-refractivity contribution in [2.75, 3.05) is 39.5 Å². The van der Waals surface area contributed by atoms with Crippen molar-refractivity contribution in [3.8, 4) is 0 Å². The molecule has 4 nitrogen and oxygen atoms in total. The van der Waals surface area contributed by atoms with E-state index >= 15 is 0 Å². The van der Waals surface area contributed by atoms with Crippen LogP contribution in [0.5, 0.6) is 0 Å². The van der Waals surface area contributed by atoms with Crippen molar-refractivity contribution >= 4 is 32.0 Å². The zero-order valence-electron chi connectivity index (χ0n) is 7.75. The molecule has 0 unspecified atom stereocenters. The summed E-state index contributed by atoms with van der Waals surface area (Å²) in [5.41, 5.74) is 0. The lowest BCUT2D eigenvalue weighted by Gasteiger charge is -2.38. The largest absolute Gasteiger partial charge is 0.535 e. The first-order valence-electron chi connectivity index (χ1n) is 4.65. The third-order valence-electron chi connectivity index (χ3n) is 2.40. The number of nitrogens with zero attached hydrogens (tertiary/aromatic N) is 1. The molecule has 14 heavy (non-hydrogen) atoms. The SMILES string of the molecule is ClC(Cl)[Si]12OCCN(CCO1)CCO2. The van der Waals surface area contributed by atoms with E-state index in [1.807, 2.05) is 0 Å². The lowest BCUT2D eigenvalue weighted by Crippen LogP contribution is -2.59. The molecular weight excluding hydrogens is 245 g/mol. The van der Waals surface area contributed by atoms with Crippen LogP contribution in [0.2, 0.25) is 0 Å². The third kappa shape index (κ3) is 2.24. The number of rotatable bonds is 1. The molecule has 0 atom stereocenters. The highest BCUT2D eigenvalue weighted by molar-refractivity contribution is 6.81. The summed E-state index contributed by atoms with van der Waals surface area (Å²) in [7, 11) is -2.80. The van der Waals surface area contributed by atoms with Crippen LogP contribution >= 0.6 is 23.2 Å². The van der Waals surface area contributed by atoms with Gasteiger partial charge in [0.2, 0.25) is 0 Å². The molecule has 0 aromatic heterocycles. The Morgan fingerprint density at radius 1 is 0.929 bits per heavy atom. The number of alkyl halides is 2. The molecular formula is C7H13Cl2NO3Si. The number of fused-ring (bicyclic) bond motifs is 6. The highest BCUT2D eigenvalue weighted by atomic mass is 35.5. The summed E-state index contributed by atoms with van der Waals surface area (Å²) < 4.78 is 16.1. The molecule has 82 valence electrons. The summed E-state index contributed by atoms with van der Waals surface area (Å²) in [5.74, 6) is 0. The van der Waals surface area contributed by atoms with E-state index in [0.29, 0.717) is 19.8 Å². The fourth-order valence-electron chi connectivity index (χ4n) is 1.60. The van der Waals surface area contributed by atoms with Gasteiger partial charge in [-0.25, -0.2) is 0 Å². The molecule has 3 saturated heterocycles. The lowest BCUT2D eigenvalue weighted by molar-refractivity contribution is -0.00649. The average molecular weight is 258 g/mol. The molecule has 3 heterocycles. The number of hydrogen-bond donors (Lipinski definition) is 0. The molecule has 3 rings (SSSR count). The maximum absolute atomic E-state index is 5.87. The monoisotopic (exact) mass is 257 g/mol. The Bertz CT molecular complexity index is 181. The van der Waals surface area contributed by atoms with Gasteiger partial charge in [-0.1, -0.05) is 0 Å². The maximum Gasteiger partial charge on any atom is 0.535 e. The molecule has 0 aromatic carbocycles. The zero-order valence-corrected chi connectivity index (χ0v) is 10.3. The Kier molecular flexibility index (Phi) is 3.70. The van der Waals surface area contributed by atoms with Crippen LogP contribution < -0.4 is 0 Å². The van der Waals surface area contributed by atoms with Crippen LogP contribution in [0.1, 0.15) is 0 Å². The van der Waals surface area contributed by atoms with Crippen LogP contribution in [0.4, 0.5) is 0 Å². The van der Waals surface area contributed by atoms with Crippen LogP contribution in [0, 0.1) is 0 Å². The number of hydrogen-bond acceptors (Lipinski definition) is 4. The van der Waals surface area contributed by atoms with Crippen LogP contribution in [0.15, 0.2) is 0 Å². The van der Waals surface area contributed by atoms with Crippen molar-refractivity contribution in [3.05, 3.63) is 0 Å². The van der Waals surface area contributed by atoms with Gasteiger partial charge in [0.1, 0.15) is 0 Å². The Hall–Kier alpha value is 0.637. The second-order valence-electron chi connectivity index (χ2n) is 3.29. The molecule has 0 aromatic rings. The van der Waals surface area contributed by atoms with Crippen LogP contribution in [0.3, 0.4) is 0 Å². The van der Waals surface area contributed by atoms with Gasteiger partial charge in [0.05, 0.1) is 19.8 Å². The van der Waals surface area contributed by atoms with Gasteiger partial charge in [0, 0.05) is 19.6 Å². The molecule has 3 aliphatic rings. The van der Waals surface area contributed by atoms with Crippen molar-refractivity contribution in [1.29, 1.82) is 0 Å². The summed E-state index contributed by atoms with van der Waals surface area (Å²) in [6, 6.07) is 0. The van der Waals surface area contributed by atoms with Crippen molar-refractivity contribution in [2.24, 2.45) is 0 Å². The topological polar surface area (TPSA) is 30.9 Å². The summed E-state index contributed by atoms with van der Waals surface area (Å²) >= 11 is 11.7. The van der Waals surface area contributed by atoms with Gasteiger partial charge in [-0.15, -0.1) is 23.2 Å². The minimum Gasteiger partial charge on any atom is -0.371 e. The van der Waals surface area contributed by atoms with Crippen LogP contribution in [0.25, 0.3) is 0 Å². The molecule has 0 aliphatic carbocycles. The Morgan fingerprint density at radius 2 is 1.36 bits per heavy atom. The summed E-state index contributed by atoms with van der Waals surface area (Å²) in [4.78, 5) is 2.24. The smallest absolute Gasteiger partial charge is 0.371 e. The Labute approximate surface area is 94.4 Å². The van der Waals surface area contributed by atoms with Gasteiger partial charge in [-0.05, 0) is 0 Å². The molecule has 7 heteroatoms. The molecule has 3 aliphatic heterocycles. The molecule has 0 amide bonds. The summed E-state index contributed by atoms with van der Waals surface area (Å²) in [6.45, 7) is 4.47. The minimum atomic E-state index is -2.80. The van der Waals surface area contributed by atoms with E-state index in [-0.39, 0.29) is 0 Å².